The van der Waals surface area contributed by atoms with Crippen molar-refractivity contribution in [1.82, 2.24) is 0 Å². The lowest BCUT2D eigenvalue weighted by Gasteiger charge is -2.03. The quantitative estimate of drug-likeness (QED) is 0.647. The summed E-state index contributed by atoms with van der Waals surface area (Å²) in [5.41, 5.74) is 0. The van der Waals surface area contributed by atoms with Gasteiger partial charge in [0.25, 0.3) is 6.08 Å². The summed E-state index contributed by atoms with van der Waals surface area (Å²) in [4.78, 5) is 20.5. The number of allylic oxidation sites excluding steroid dienone is 1. The molecule has 0 aromatic carbocycles. The lowest BCUT2D eigenvalue weighted by Crippen LogP contribution is -2.22. The topological polar surface area (TPSA) is 74.6 Å². The largest absolute Gasteiger partial charge is 0.481 e. The van der Waals surface area contributed by atoms with Crippen LogP contribution in [0.15, 0.2) is 12.2 Å². The predicted molar refractivity (Wildman–Crippen MR) is 38.3 cm³/mol. The van der Waals surface area contributed by atoms with Gasteiger partial charge in [-0.25, -0.2) is 0 Å². The van der Waals surface area contributed by atoms with Crippen LogP contribution in [0.5, 0.6) is 0 Å². The minimum absolute atomic E-state index is 0.258. The zero-order valence-electron chi connectivity index (χ0n) is 6.54. The molecule has 0 amide bonds. The predicted octanol–water partition coefficient (Wildman–Crippen LogP) is 1.33. The lowest BCUT2D eigenvalue weighted by molar-refractivity contribution is -0.154. The van der Waals surface area contributed by atoms with Crippen LogP contribution < -0.4 is 0 Å². The highest BCUT2D eigenvalue weighted by Gasteiger charge is 2.24. The number of carboxylic acids is 2. The molecule has 6 heteroatoms. The van der Waals surface area contributed by atoms with E-state index in [0.717, 1.165) is 0 Å². The molecule has 0 aromatic rings. The Hall–Kier alpha value is -1.46. The molecule has 0 aliphatic rings. The summed E-state index contributed by atoms with van der Waals surface area (Å²) < 4.78 is 22.9. The summed E-state index contributed by atoms with van der Waals surface area (Å²) in [5, 5.41) is 16.6. The summed E-state index contributed by atoms with van der Waals surface area (Å²) in [6, 6.07) is 0. The first-order valence-corrected chi connectivity index (χ1v) is 3.42. The molecule has 4 nitrogen and oxygen atoms in total. The van der Waals surface area contributed by atoms with Crippen molar-refractivity contribution in [3.05, 3.63) is 12.2 Å². The fraction of sp³-hybridized carbons (Fsp3) is 0.429. The minimum atomic E-state index is -1.94. The highest BCUT2D eigenvalue weighted by Crippen LogP contribution is 2.10. The Labute approximate surface area is 72.5 Å². The van der Waals surface area contributed by atoms with Gasteiger partial charge in [0.1, 0.15) is 0 Å². The minimum Gasteiger partial charge on any atom is -0.481 e. The number of rotatable bonds is 5. The van der Waals surface area contributed by atoms with E-state index in [1.807, 2.05) is 0 Å². The average molecular weight is 194 g/mol. The summed E-state index contributed by atoms with van der Waals surface area (Å²) in [5.74, 6) is -4.64. The molecule has 0 aliphatic carbocycles. The number of carbonyl (C=O) groups is 2. The third kappa shape index (κ3) is 4.89. The molecule has 0 bridgehead atoms. The van der Waals surface area contributed by atoms with E-state index in [2.05, 4.69) is 0 Å². The van der Waals surface area contributed by atoms with E-state index in [1.165, 1.54) is 0 Å². The molecule has 0 saturated carbocycles. The van der Waals surface area contributed by atoms with E-state index in [0.29, 0.717) is 6.08 Å². The first-order chi connectivity index (χ1) is 5.95. The molecular formula is C7H8F2O4. The second-order valence-electron chi connectivity index (χ2n) is 2.30. The van der Waals surface area contributed by atoms with E-state index in [9.17, 15) is 18.4 Å². The first kappa shape index (κ1) is 11.5. The van der Waals surface area contributed by atoms with Crippen molar-refractivity contribution in [2.45, 2.75) is 12.8 Å². The van der Waals surface area contributed by atoms with Crippen molar-refractivity contribution in [1.29, 1.82) is 0 Å². The Bertz CT molecular complexity index is 219. The third-order valence-corrected chi connectivity index (χ3v) is 1.35. The van der Waals surface area contributed by atoms with Gasteiger partial charge in [-0.1, -0.05) is 0 Å². The zero-order valence-corrected chi connectivity index (χ0v) is 6.54. The van der Waals surface area contributed by atoms with Crippen LogP contribution in [-0.4, -0.2) is 22.2 Å². The molecule has 0 unspecified atom stereocenters. The van der Waals surface area contributed by atoms with Crippen molar-refractivity contribution in [2.75, 3.05) is 0 Å². The van der Waals surface area contributed by atoms with Crippen LogP contribution in [0.3, 0.4) is 0 Å². The van der Waals surface area contributed by atoms with Crippen LogP contribution in [0.25, 0.3) is 0 Å². The van der Waals surface area contributed by atoms with Crippen LogP contribution in [0.1, 0.15) is 12.8 Å². The van der Waals surface area contributed by atoms with Gasteiger partial charge in [-0.3, -0.25) is 9.59 Å². The third-order valence-electron chi connectivity index (χ3n) is 1.35. The number of hydrogen-bond donors (Lipinski definition) is 2. The molecule has 0 spiro atoms. The summed E-state index contributed by atoms with van der Waals surface area (Å²) in [6.45, 7) is 0. The molecule has 0 aromatic heterocycles. The maximum atomic E-state index is 11.5. The van der Waals surface area contributed by atoms with Gasteiger partial charge in [0.2, 0.25) is 0 Å². The molecule has 0 aliphatic heterocycles. The number of hydrogen-bond acceptors (Lipinski definition) is 2. The normalized spacial score (nSPS) is 9.77. The fourth-order valence-corrected chi connectivity index (χ4v) is 0.712. The van der Waals surface area contributed by atoms with E-state index < -0.39 is 23.9 Å². The Morgan fingerprint density at radius 2 is 1.69 bits per heavy atom. The van der Waals surface area contributed by atoms with Gasteiger partial charge in [-0.15, -0.1) is 0 Å². The lowest BCUT2D eigenvalue weighted by atomic mass is 10.0. The molecule has 0 rings (SSSR count). The molecule has 0 atom stereocenters. The van der Waals surface area contributed by atoms with Gasteiger partial charge in [0.05, 0.1) is 0 Å². The molecule has 0 radical (unpaired) electrons. The van der Waals surface area contributed by atoms with Gasteiger partial charge in [-0.05, 0) is 18.9 Å². The van der Waals surface area contributed by atoms with E-state index in [4.69, 9.17) is 10.2 Å². The van der Waals surface area contributed by atoms with Crippen molar-refractivity contribution >= 4 is 11.9 Å². The number of halogens is 2. The highest BCUT2D eigenvalue weighted by atomic mass is 19.3. The molecule has 13 heavy (non-hydrogen) atoms. The number of carboxylic acid groups (broad SMARTS) is 2. The van der Waals surface area contributed by atoms with Gasteiger partial charge >= 0.3 is 11.9 Å². The average Bonchev–Trinajstić information content (AvgIpc) is 1.95. The molecule has 74 valence electrons. The van der Waals surface area contributed by atoms with Gasteiger partial charge in [0, 0.05) is 0 Å². The van der Waals surface area contributed by atoms with Crippen LogP contribution in [-0.2, 0) is 9.59 Å². The van der Waals surface area contributed by atoms with Gasteiger partial charge in [-0.2, -0.15) is 8.78 Å². The highest BCUT2D eigenvalue weighted by molar-refractivity contribution is 5.92. The summed E-state index contributed by atoms with van der Waals surface area (Å²) in [7, 11) is 0. The summed E-state index contributed by atoms with van der Waals surface area (Å²) >= 11 is 0. The standard InChI is InChI=1S/C7H8F2O4/c8-5(9)3-1-2-4(6(10)11)7(12)13/h3-4H,1-2H2,(H,10,11)(H,12,13). The zero-order chi connectivity index (χ0) is 10.4. The van der Waals surface area contributed by atoms with Crippen LogP contribution in [0.4, 0.5) is 8.78 Å². The Morgan fingerprint density at radius 1 is 1.23 bits per heavy atom. The van der Waals surface area contributed by atoms with Crippen molar-refractivity contribution < 1.29 is 28.6 Å². The van der Waals surface area contributed by atoms with Crippen LogP contribution in [0, 0.1) is 5.92 Å². The van der Waals surface area contributed by atoms with E-state index in [1.54, 1.807) is 0 Å². The molecule has 2 N–H and O–H groups in total. The second kappa shape index (κ2) is 5.23. The fourth-order valence-electron chi connectivity index (χ4n) is 0.712. The maximum absolute atomic E-state index is 11.5. The molecular weight excluding hydrogens is 186 g/mol. The van der Waals surface area contributed by atoms with E-state index >= 15 is 0 Å². The monoisotopic (exact) mass is 194 g/mol. The van der Waals surface area contributed by atoms with Gasteiger partial charge < -0.3 is 10.2 Å². The van der Waals surface area contributed by atoms with Crippen molar-refractivity contribution in [2.24, 2.45) is 5.92 Å². The molecule has 0 heterocycles. The maximum Gasteiger partial charge on any atom is 0.317 e. The number of aliphatic carboxylic acids is 2. The first-order valence-electron chi connectivity index (χ1n) is 3.42. The van der Waals surface area contributed by atoms with Crippen LogP contribution >= 0.6 is 0 Å². The Kier molecular flexibility index (Phi) is 4.64. The Morgan fingerprint density at radius 3 is 2.00 bits per heavy atom. The van der Waals surface area contributed by atoms with Crippen LogP contribution in [0.2, 0.25) is 0 Å². The van der Waals surface area contributed by atoms with E-state index in [-0.39, 0.29) is 12.8 Å². The summed E-state index contributed by atoms with van der Waals surface area (Å²) in [6.07, 6.45) is -2.03. The smallest absolute Gasteiger partial charge is 0.317 e. The molecule has 0 fully saturated rings. The Balaban J connectivity index is 4.06. The SMILES string of the molecule is O=C(O)C(CCC=C(F)F)C(=O)O. The molecule has 0 saturated heterocycles. The van der Waals surface area contributed by atoms with Crippen molar-refractivity contribution in [3.8, 4) is 0 Å². The second-order valence-corrected chi connectivity index (χ2v) is 2.30. The van der Waals surface area contributed by atoms with Crippen molar-refractivity contribution in [3.63, 3.8) is 0 Å². The van der Waals surface area contributed by atoms with Gasteiger partial charge in [0.15, 0.2) is 5.92 Å².